The van der Waals surface area contributed by atoms with Crippen molar-refractivity contribution in [2.24, 2.45) is 0 Å². The number of piperazine rings is 1. The second-order valence-corrected chi connectivity index (χ2v) is 12.4. The predicted molar refractivity (Wildman–Crippen MR) is 141 cm³/mol. The second kappa shape index (κ2) is 10.5. The normalized spacial score (nSPS) is 18.5. The van der Waals surface area contributed by atoms with E-state index in [0.29, 0.717) is 44.0 Å². The molecule has 2 aromatic rings. The molecule has 10 heteroatoms. The lowest BCUT2D eigenvalue weighted by Crippen LogP contribution is -2.50. The maximum Gasteiger partial charge on any atom is 0.410 e. The SMILES string of the molecule is COc1ccc(N2CCN(C(=O)OC(C)(C)C)CC2)c2c1C[C@@H](NS(=O)(=O)c1cccc(Cl)c1)CC2. The minimum absolute atomic E-state index is 0.157. The Labute approximate surface area is 218 Å². The number of sulfonamides is 1. The van der Waals surface area contributed by atoms with E-state index >= 15 is 0 Å². The minimum atomic E-state index is -3.70. The molecule has 0 bridgehead atoms. The van der Waals surface area contributed by atoms with Gasteiger partial charge in [0.2, 0.25) is 10.0 Å². The maximum absolute atomic E-state index is 13.0. The van der Waals surface area contributed by atoms with Gasteiger partial charge in [-0.2, -0.15) is 0 Å². The van der Waals surface area contributed by atoms with Crippen LogP contribution in [0.2, 0.25) is 5.02 Å². The molecular formula is C26H34ClN3O5S. The third kappa shape index (κ3) is 6.07. The highest BCUT2D eigenvalue weighted by Crippen LogP contribution is 2.37. The monoisotopic (exact) mass is 535 g/mol. The van der Waals surface area contributed by atoms with E-state index in [0.717, 1.165) is 23.4 Å². The molecule has 0 spiro atoms. The van der Waals surface area contributed by atoms with E-state index in [9.17, 15) is 13.2 Å². The molecule has 0 saturated carbocycles. The first kappa shape index (κ1) is 26.6. The number of methoxy groups -OCH3 is 1. The van der Waals surface area contributed by atoms with Crippen LogP contribution in [-0.2, 0) is 27.6 Å². The number of hydrogen-bond acceptors (Lipinski definition) is 6. The summed E-state index contributed by atoms with van der Waals surface area (Å²) in [5, 5.41) is 0.380. The van der Waals surface area contributed by atoms with E-state index in [1.165, 1.54) is 11.6 Å². The Morgan fingerprint density at radius 1 is 1.08 bits per heavy atom. The van der Waals surface area contributed by atoms with Crippen LogP contribution in [-0.4, -0.2) is 64.3 Å². The van der Waals surface area contributed by atoms with Crippen LogP contribution in [0.5, 0.6) is 5.75 Å². The van der Waals surface area contributed by atoms with E-state index in [1.807, 2.05) is 26.8 Å². The number of rotatable bonds is 5. The molecule has 1 amide bonds. The second-order valence-electron chi connectivity index (χ2n) is 10.2. The van der Waals surface area contributed by atoms with Crippen molar-refractivity contribution < 1.29 is 22.7 Å². The fraction of sp³-hybridized carbons (Fsp3) is 0.500. The van der Waals surface area contributed by atoms with Gasteiger partial charge in [-0.1, -0.05) is 17.7 Å². The smallest absolute Gasteiger partial charge is 0.410 e. The summed E-state index contributed by atoms with van der Waals surface area (Å²) >= 11 is 6.00. The van der Waals surface area contributed by atoms with Crippen LogP contribution in [0.3, 0.4) is 0 Å². The molecule has 1 fully saturated rings. The van der Waals surface area contributed by atoms with Crippen molar-refractivity contribution in [2.45, 2.75) is 56.6 Å². The highest BCUT2D eigenvalue weighted by atomic mass is 35.5. The first-order valence-corrected chi connectivity index (χ1v) is 14.0. The molecule has 1 aliphatic heterocycles. The first-order valence-electron chi connectivity index (χ1n) is 12.2. The zero-order valence-electron chi connectivity index (χ0n) is 21.2. The molecule has 0 unspecified atom stereocenters. The Balaban J connectivity index is 1.49. The van der Waals surface area contributed by atoms with E-state index in [4.69, 9.17) is 21.1 Å². The molecule has 4 rings (SSSR count). The zero-order valence-corrected chi connectivity index (χ0v) is 22.8. The van der Waals surface area contributed by atoms with Gasteiger partial charge in [-0.15, -0.1) is 0 Å². The average Bonchev–Trinajstić information content (AvgIpc) is 2.82. The van der Waals surface area contributed by atoms with Gasteiger partial charge in [0.05, 0.1) is 12.0 Å². The van der Waals surface area contributed by atoms with Crippen molar-refractivity contribution in [2.75, 3.05) is 38.2 Å². The molecule has 196 valence electrons. The third-order valence-corrected chi connectivity index (χ3v) is 8.23. The van der Waals surface area contributed by atoms with E-state index < -0.39 is 15.6 Å². The molecule has 1 N–H and O–H groups in total. The number of benzene rings is 2. The van der Waals surface area contributed by atoms with Gasteiger partial charge in [0.1, 0.15) is 11.4 Å². The standard InChI is InChI=1S/C26H34ClN3O5S/c1-26(2,3)35-25(31)30-14-12-29(13-15-30)23-10-11-24(34-4)22-17-19(8-9-21(22)23)28-36(32,33)20-7-5-6-18(27)16-20/h5-7,10-11,16,19,28H,8-9,12-15,17H2,1-4H3/t19-/m0/s1. The Kier molecular flexibility index (Phi) is 7.73. The van der Waals surface area contributed by atoms with Crippen LogP contribution >= 0.6 is 11.6 Å². The van der Waals surface area contributed by atoms with E-state index in [-0.39, 0.29) is 17.0 Å². The summed E-state index contributed by atoms with van der Waals surface area (Å²) in [6.07, 6.45) is 1.64. The molecule has 36 heavy (non-hydrogen) atoms. The number of carbonyl (C=O) groups excluding carboxylic acids is 1. The summed E-state index contributed by atoms with van der Waals surface area (Å²) in [7, 11) is -2.06. The van der Waals surface area contributed by atoms with Gasteiger partial charge in [0, 0.05) is 48.5 Å². The number of carbonyl (C=O) groups is 1. The van der Waals surface area contributed by atoms with Gasteiger partial charge in [0.15, 0.2) is 0 Å². The maximum atomic E-state index is 13.0. The number of nitrogens with zero attached hydrogens (tertiary/aromatic N) is 2. The molecule has 0 radical (unpaired) electrons. The highest BCUT2D eigenvalue weighted by molar-refractivity contribution is 7.89. The van der Waals surface area contributed by atoms with Gasteiger partial charge in [-0.25, -0.2) is 17.9 Å². The summed E-state index contributed by atoms with van der Waals surface area (Å²) in [6, 6.07) is 10.0. The van der Waals surface area contributed by atoms with Crippen molar-refractivity contribution in [3.63, 3.8) is 0 Å². The van der Waals surface area contributed by atoms with Crippen molar-refractivity contribution in [1.82, 2.24) is 9.62 Å². The molecule has 1 aliphatic carbocycles. The number of ether oxygens (including phenoxy) is 2. The summed E-state index contributed by atoms with van der Waals surface area (Å²) in [5.41, 5.74) is 2.80. The van der Waals surface area contributed by atoms with E-state index in [1.54, 1.807) is 30.2 Å². The van der Waals surface area contributed by atoms with Gasteiger partial charge in [-0.3, -0.25) is 0 Å². The third-order valence-electron chi connectivity index (χ3n) is 6.48. The topological polar surface area (TPSA) is 88.2 Å². The van der Waals surface area contributed by atoms with Crippen molar-refractivity contribution in [3.8, 4) is 5.75 Å². The van der Waals surface area contributed by atoms with Gasteiger partial charge < -0.3 is 19.3 Å². The quantitative estimate of drug-likeness (QED) is 0.616. The van der Waals surface area contributed by atoms with Crippen LogP contribution in [0.15, 0.2) is 41.3 Å². The minimum Gasteiger partial charge on any atom is -0.496 e. The Morgan fingerprint density at radius 2 is 1.81 bits per heavy atom. The summed E-state index contributed by atoms with van der Waals surface area (Å²) in [4.78, 5) is 16.6. The first-order chi connectivity index (χ1) is 17.0. The zero-order chi connectivity index (χ0) is 26.1. The lowest BCUT2D eigenvalue weighted by Gasteiger charge is -2.39. The van der Waals surface area contributed by atoms with Crippen LogP contribution < -0.4 is 14.4 Å². The Morgan fingerprint density at radius 3 is 2.44 bits per heavy atom. The van der Waals surface area contributed by atoms with Gasteiger partial charge >= 0.3 is 6.09 Å². The fourth-order valence-corrected chi connectivity index (χ4v) is 6.37. The average molecular weight is 536 g/mol. The van der Waals surface area contributed by atoms with Crippen LogP contribution in [0, 0.1) is 0 Å². The summed E-state index contributed by atoms with van der Waals surface area (Å²) < 4.78 is 39.9. The van der Waals surface area contributed by atoms with Gasteiger partial charge in [0.25, 0.3) is 0 Å². The molecule has 2 aliphatic rings. The summed E-state index contributed by atoms with van der Waals surface area (Å²) in [6.45, 7) is 8.16. The number of fused-ring (bicyclic) bond motifs is 1. The van der Waals surface area contributed by atoms with Crippen molar-refractivity contribution >= 4 is 33.4 Å². The van der Waals surface area contributed by atoms with Gasteiger partial charge in [-0.05, 0) is 75.9 Å². The molecule has 0 aromatic heterocycles. The van der Waals surface area contributed by atoms with Crippen LogP contribution in [0.1, 0.15) is 38.3 Å². The molecule has 2 aromatic carbocycles. The van der Waals surface area contributed by atoms with Crippen molar-refractivity contribution in [1.29, 1.82) is 0 Å². The summed E-state index contributed by atoms with van der Waals surface area (Å²) in [5.74, 6) is 0.757. The number of nitrogens with one attached hydrogen (secondary N) is 1. The Hall–Kier alpha value is -2.49. The number of hydrogen-bond donors (Lipinski definition) is 1. The van der Waals surface area contributed by atoms with Crippen molar-refractivity contribution in [3.05, 3.63) is 52.5 Å². The molecule has 1 atom stereocenters. The highest BCUT2D eigenvalue weighted by Gasteiger charge is 2.31. The fourth-order valence-electron chi connectivity index (χ4n) is 4.80. The predicted octanol–water partition coefficient (Wildman–Crippen LogP) is 4.24. The molecule has 8 nitrogen and oxygen atoms in total. The number of halogens is 1. The van der Waals surface area contributed by atoms with Crippen LogP contribution in [0.4, 0.5) is 10.5 Å². The van der Waals surface area contributed by atoms with Crippen LogP contribution in [0.25, 0.3) is 0 Å². The Bertz CT molecular complexity index is 1220. The lowest BCUT2D eigenvalue weighted by molar-refractivity contribution is 0.0240. The largest absolute Gasteiger partial charge is 0.496 e. The number of anilines is 1. The number of amides is 1. The molecule has 1 heterocycles. The molecule has 1 saturated heterocycles. The molecular weight excluding hydrogens is 502 g/mol. The lowest BCUT2D eigenvalue weighted by atomic mass is 9.86. The van der Waals surface area contributed by atoms with E-state index in [2.05, 4.69) is 15.7 Å².